The zero-order valence-electron chi connectivity index (χ0n) is 23.2. The maximum atomic E-state index is 12.6. The van der Waals surface area contributed by atoms with Crippen LogP contribution in [0.1, 0.15) is 138 Å². The fourth-order valence-corrected chi connectivity index (χ4v) is 6.99. The number of benzene rings is 2. The van der Waals surface area contributed by atoms with E-state index in [0.717, 1.165) is 36.5 Å². The lowest BCUT2D eigenvalue weighted by atomic mass is 9.77. The third-order valence-electron chi connectivity index (χ3n) is 9.37. The van der Waals surface area contributed by atoms with Crippen LogP contribution >= 0.6 is 0 Å². The zero-order chi connectivity index (χ0) is 25.2. The van der Waals surface area contributed by atoms with Crippen molar-refractivity contribution in [3.05, 3.63) is 70.8 Å². The van der Waals surface area contributed by atoms with Crippen LogP contribution in [0.15, 0.2) is 48.5 Å². The molecule has 1 nitrogen and oxygen atoms in total. The highest BCUT2D eigenvalue weighted by atomic mass is 16.1. The standard InChI is InChI=1S/C35H50O/c1-3-5-27-7-17-31(18-8-27)33-21-11-29(12-22-33)15-25-35(36)26-16-30-13-23-34(24-14-30)32-19-9-28(6-4-2)10-20-32/h11-14,21-24,27-28,31-32H,3-10,15-20,25-26H2,1-2H3/t27-,28?,31-,32?. The van der Waals surface area contributed by atoms with E-state index in [0.29, 0.717) is 18.6 Å². The molecule has 0 spiro atoms. The topological polar surface area (TPSA) is 17.1 Å². The van der Waals surface area contributed by atoms with Gasteiger partial charge in [-0.1, -0.05) is 88.1 Å². The van der Waals surface area contributed by atoms with Crippen molar-refractivity contribution in [2.75, 3.05) is 0 Å². The Balaban J connectivity index is 1.15. The fourth-order valence-electron chi connectivity index (χ4n) is 6.99. The minimum Gasteiger partial charge on any atom is -0.300 e. The Hall–Kier alpha value is -1.89. The summed E-state index contributed by atoms with van der Waals surface area (Å²) < 4.78 is 0. The van der Waals surface area contributed by atoms with Gasteiger partial charge in [-0.3, -0.25) is 4.79 Å². The molecular weight excluding hydrogens is 436 g/mol. The predicted molar refractivity (Wildman–Crippen MR) is 154 cm³/mol. The first-order valence-electron chi connectivity index (χ1n) is 15.3. The van der Waals surface area contributed by atoms with Gasteiger partial charge in [-0.2, -0.15) is 0 Å². The van der Waals surface area contributed by atoms with Crippen LogP contribution in [0.25, 0.3) is 0 Å². The van der Waals surface area contributed by atoms with E-state index < -0.39 is 0 Å². The number of ketones is 1. The Morgan fingerprint density at radius 2 is 0.944 bits per heavy atom. The van der Waals surface area contributed by atoms with Crippen molar-refractivity contribution in [2.24, 2.45) is 11.8 Å². The summed E-state index contributed by atoms with van der Waals surface area (Å²) in [6.07, 6.45) is 19.6. The highest BCUT2D eigenvalue weighted by Gasteiger charge is 2.22. The molecule has 2 aromatic rings. The van der Waals surface area contributed by atoms with Gasteiger partial charge in [-0.05, 0) is 110 Å². The number of aryl methyl sites for hydroxylation is 2. The number of hydrogen-bond acceptors (Lipinski definition) is 1. The Bertz CT molecular complexity index is 817. The predicted octanol–water partition coefficient (Wildman–Crippen LogP) is 9.97. The van der Waals surface area contributed by atoms with Crippen molar-refractivity contribution in [1.82, 2.24) is 0 Å². The first-order valence-corrected chi connectivity index (χ1v) is 15.3. The Morgan fingerprint density at radius 1 is 0.583 bits per heavy atom. The van der Waals surface area contributed by atoms with Gasteiger partial charge >= 0.3 is 0 Å². The molecule has 1 heteroatoms. The third kappa shape index (κ3) is 8.06. The first kappa shape index (κ1) is 27.2. The molecule has 0 aromatic heterocycles. The lowest BCUT2D eigenvalue weighted by Crippen LogP contribution is -2.13. The van der Waals surface area contributed by atoms with Crippen LogP contribution in [0.4, 0.5) is 0 Å². The number of carbonyl (C=O) groups excluding carboxylic acids is 1. The summed E-state index contributed by atoms with van der Waals surface area (Å²) in [5.74, 6) is 3.81. The zero-order valence-corrected chi connectivity index (χ0v) is 23.2. The molecule has 0 bridgehead atoms. The average molecular weight is 487 g/mol. The van der Waals surface area contributed by atoms with E-state index in [-0.39, 0.29) is 0 Å². The Morgan fingerprint density at radius 3 is 1.28 bits per heavy atom. The lowest BCUT2D eigenvalue weighted by Gasteiger charge is -2.28. The van der Waals surface area contributed by atoms with Crippen molar-refractivity contribution in [2.45, 2.75) is 128 Å². The van der Waals surface area contributed by atoms with E-state index in [9.17, 15) is 4.79 Å². The Kier molecular flexibility index (Phi) is 10.7. The molecule has 2 aliphatic carbocycles. The molecule has 2 fully saturated rings. The van der Waals surface area contributed by atoms with E-state index in [1.54, 1.807) is 0 Å². The molecule has 0 amide bonds. The lowest BCUT2D eigenvalue weighted by molar-refractivity contribution is -0.119. The van der Waals surface area contributed by atoms with E-state index in [1.807, 2.05) is 0 Å². The fraction of sp³-hybridized carbons (Fsp3) is 0.629. The van der Waals surface area contributed by atoms with Gasteiger partial charge in [-0.15, -0.1) is 0 Å². The summed E-state index contributed by atoms with van der Waals surface area (Å²) in [7, 11) is 0. The second-order valence-electron chi connectivity index (χ2n) is 12.0. The van der Waals surface area contributed by atoms with Gasteiger partial charge in [-0.25, -0.2) is 0 Å². The molecule has 2 saturated carbocycles. The van der Waals surface area contributed by atoms with Crippen molar-refractivity contribution >= 4 is 5.78 Å². The quantitative estimate of drug-likeness (QED) is 0.292. The van der Waals surface area contributed by atoms with E-state index >= 15 is 0 Å². The maximum absolute atomic E-state index is 12.6. The SMILES string of the molecule is CCCC1CCC(c2ccc(CCC(=O)CCc3ccc([C@H]4CC[C@H](CCC)CC4)cc3)cc2)CC1. The van der Waals surface area contributed by atoms with E-state index in [1.165, 1.54) is 99.3 Å². The molecule has 0 aliphatic heterocycles. The van der Waals surface area contributed by atoms with Crippen LogP contribution in [0.2, 0.25) is 0 Å². The van der Waals surface area contributed by atoms with Gasteiger partial charge in [0, 0.05) is 12.8 Å². The van der Waals surface area contributed by atoms with Crippen LogP contribution in [0.3, 0.4) is 0 Å². The van der Waals surface area contributed by atoms with Crippen LogP contribution in [0, 0.1) is 11.8 Å². The number of hydrogen-bond donors (Lipinski definition) is 0. The highest BCUT2D eigenvalue weighted by Crippen LogP contribution is 2.38. The second kappa shape index (κ2) is 14.2. The minimum atomic E-state index is 0.395. The van der Waals surface area contributed by atoms with Crippen molar-refractivity contribution in [3.63, 3.8) is 0 Å². The third-order valence-corrected chi connectivity index (χ3v) is 9.37. The molecule has 0 heterocycles. The van der Waals surface area contributed by atoms with Crippen molar-refractivity contribution in [3.8, 4) is 0 Å². The summed E-state index contributed by atoms with van der Waals surface area (Å²) in [5, 5.41) is 0. The molecular formula is C35H50O. The summed E-state index contributed by atoms with van der Waals surface area (Å²) >= 11 is 0. The molecule has 0 saturated heterocycles. The maximum Gasteiger partial charge on any atom is 0.133 e. The molecule has 2 aliphatic rings. The van der Waals surface area contributed by atoms with Gasteiger partial charge < -0.3 is 0 Å². The van der Waals surface area contributed by atoms with Gasteiger partial charge in [0.15, 0.2) is 0 Å². The van der Waals surface area contributed by atoms with Crippen LogP contribution in [-0.2, 0) is 17.6 Å². The van der Waals surface area contributed by atoms with E-state index in [4.69, 9.17) is 0 Å². The molecule has 0 N–H and O–H groups in total. The number of carbonyl (C=O) groups is 1. The molecule has 0 unspecified atom stereocenters. The van der Waals surface area contributed by atoms with Gasteiger partial charge in [0.2, 0.25) is 0 Å². The highest BCUT2D eigenvalue weighted by molar-refractivity contribution is 5.78. The molecule has 0 atom stereocenters. The smallest absolute Gasteiger partial charge is 0.133 e. The summed E-state index contributed by atoms with van der Waals surface area (Å²) in [6.45, 7) is 4.62. The normalized spacial score (nSPS) is 24.5. The van der Waals surface area contributed by atoms with E-state index in [2.05, 4.69) is 62.4 Å². The van der Waals surface area contributed by atoms with Gasteiger partial charge in [0.25, 0.3) is 0 Å². The monoisotopic (exact) mass is 486 g/mol. The minimum absolute atomic E-state index is 0.395. The molecule has 196 valence electrons. The van der Waals surface area contributed by atoms with Crippen LogP contribution < -0.4 is 0 Å². The average Bonchev–Trinajstić information content (AvgIpc) is 2.93. The second-order valence-corrected chi connectivity index (χ2v) is 12.0. The number of rotatable bonds is 12. The molecule has 36 heavy (non-hydrogen) atoms. The molecule has 4 rings (SSSR count). The van der Waals surface area contributed by atoms with Gasteiger partial charge in [0.1, 0.15) is 5.78 Å². The van der Waals surface area contributed by atoms with Crippen molar-refractivity contribution < 1.29 is 4.79 Å². The molecule has 0 radical (unpaired) electrons. The summed E-state index contributed by atoms with van der Waals surface area (Å²) in [5.41, 5.74) is 5.64. The number of Topliss-reactive ketones (excluding diaryl/α,β-unsaturated/α-hetero) is 1. The van der Waals surface area contributed by atoms with Crippen LogP contribution in [0.5, 0.6) is 0 Å². The van der Waals surface area contributed by atoms with Crippen LogP contribution in [-0.4, -0.2) is 5.78 Å². The molecule has 2 aromatic carbocycles. The van der Waals surface area contributed by atoms with Gasteiger partial charge in [0.05, 0.1) is 0 Å². The summed E-state index contributed by atoms with van der Waals surface area (Å²) in [4.78, 5) is 12.6. The largest absolute Gasteiger partial charge is 0.300 e. The summed E-state index contributed by atoms with van der Waals surface area (Å²) in [6, 6.07) is 18.4. The Labute approximate surface area is 221 Å². The van der Waals surface area contributed by atoms with Crippen molar-refractivity contribution in [1.29, 1.82) is 0 Å². The first-order chi connectivity index (χ1) is 17.6.